The van der Waals surface area contributed by atoms with Gasteiger partial charge in [-0.2, -0.15) is 0 Å². The van der Waals surface area contributed by atoms with Crippen molar-refractivity contribution in [3.63, 3.8) is 0 Å². The molecule has 0 saturated carbocycles. The lowest BCUT2D eigenvalue weighted by atomic mass is 9.95. The summed E-state index contributed by atoms with van der Waals surface area (Å²) in [4.78, 5) is 34.4. The molecule has 1 unspecified atom stereocenters. The molecule has 0 radical (unpaired) electrons. The number of aromatic nitrogens is 1. The van der Waals surface area contributed by atoms with Crippen LogP contribution in [0.4, 0.5) is 5.69 Å². The lowest BCUT2D eigenvalue weighted by Gasteiger charge is -2.24. The maximum Gasteiger partial charge on any atom is 0.338 e. The quantitative estimate of drug-likeness (QED) is 0.398. The van der Waals surface area contributed by atoms with E-state index in [1.54, 1.807) is 37.7 Å². The number of nitrogens with zero attached hydrogens (tertiary/aromatic N) is 3. The van der Waals surface area contributed by atoms with E-state index in [-0.39, 0.29) is 19.0 Å². The minimum absolute atomic E-state index is 0.121. The number of fused-ring (bicyclic) bond motifs is 2. The number of ether oxygens (including phenoxy) is 4. The van der Waals surface area contributed by atoms with Crippen LogP contribution < -0.4 is 34.0 Å². The zero-order valence-corrected chi connectivity index (χ0v) is 23.5. The van der Waals surface area contributed by atoms with Gasteiger partial charge in [0.1, 0.15) is 5.75 Å². The standard InChI is InChI=1S/C29H31N3O6S/c1-6-31(7-2)20-11-9-18(22(15-20)35-5)14-24-27(33)32-26(19-10-12-21-23(13-19)38-16-37-21)25(28(34)36-8-3)17(4)30-29(32)39-24/h9-15,26H,6-8,16H2,1-5H3/b24-14-. The summed E-state index contributed by atoms with van der Waals surface area (Å²) < 4.78 is 24.2. The van der Waals surface area contributed by atoms with Crippen LogP contribution in [0.25, 0.3) is 6.08 Å². The van der Waals surface area contributed by atoms with E-state index in [9.17, 15) is 9.59 Å². The van der Waals surface area contributed by atoms with Crippen molar-refractivity contribution in [1.82, 2.24) is 4.57 Å². The molecule has 0 bridgehead atoms. The molecule has 5 rings (SSSR count). The third-order valence-corrected chi connectivity index (χ3v) is 7.84. The highest BCUT2D eigenvalue weighted by Crippen LogP contribution is 2.38. The lowest BCUT2D eigenvalue weighted by Crippen LogP contribution is -2.39. The molecule has 204 valence electrons. The van der Waals surface area contributed by atoms with Crippen molar-refractivity contribution in [2.45, 2.75) is 33.7 Å². The Balaban J connectivity index is 1.67. The Kier molecular flexibility index (Phi) is 7.47. The number of anilines is 1. The van der Waals surface area contributed by atoms with Crippen LogP contribution in [0.2, 0.25) is 0 Å². The van der Waals surface area contributed by atoms with E-state index in [2.05, 4.69) is 23.7 Å². The van der Waals surface area contributed by atoms with E-state index in [1.807, 2.05) is 30.3 Å². The fourth-order valence-corrected chi connectivity index (χ4v) is 5.97. The zero-order chi connectivity index (χ0) is 27.7. The topological polar surface area (TPSA) is 91.6 Å². The van der Waals surface area contributed by atoms with Crippen molar-refractivity contribution in [3.05, 3.63) is 78.5 Å². The predicted octanol–water partition coefficient (Wildman–Crippen LogP) is 3.38. The molecule has 2 aliphatic rings. The number of thiazole rings is 1. The monoisotopic (exact) mass is 549 g/mol. The third kappa shape index (κ3) is 4.80. The number of allylic oxidation sites excluding steroid dienone is 1. The average Bonchev–Trinajstić information content (AvgIpc) is 3.52. The van der Waals surface area contributed by atoms with Crippen LogP contribution in [0, 0.1) is 0 Å². The van der Waals surface area contributed by atoms with E-state index in [0.717, 1.165) is 24.3 Å². The molecular formula is C29H31N3O6S. The Morgan fingerprint density at radius 1 is 1.15 bits per heavy atom. The number of rotatable bonds is 8. The molecule has 0 N–H and O–H groups in total. The van der Waals surface area contributed by atoms with Crippen molar-refractivity contribution in [2.75, 3.05) is 38.5 Å². The van der Waals surface area contributed by atoms with Crippen LogP contribution in [-0.2, 0) is 9.53 Å². The summed E-state index contributed by atoms with van der Waals surface area (Å²) in [6.45, 7) is 9.80. The second-order valence-corrected chi connectivity index (χ2v) is 10.0. The van der Waals surface area contributed by atoms with Gasteiger partial charge in [0.05, 0.1) is 35.6 Å². The molecule has 0 spiro atoms. The van der Waals surface area contributed by atoms with Crippen LogP contribution in [-0.4, -0.2) is 44.1 Å². The van der Waals surface area contributed by atoms with Gasteiger partial charge in [0.15, 0.2) is 16.3 Å². The molecule has 2 aliphatic heterocycles. The molecule has 9 nitrogen and oxygen atoms in total. The van der Waals surface area contributed by atoms with Crippen molar-refractivity contribution < 1.29 is 23.7 Å². The Morgan fingerprint density at radius 2 is 1.92 bits per heavy atom. The van der Waals surface area contributed by atoms with Gasteiger partial charge in [-0.15, -0.1) is 0 Å². The first-order valence-corrected chi connectivity index (χ1v) is 13.7. The average molecular weight is 550 g/mol. The number of benzene rings is 2. The second kappa shape index (κ2) is 11.0. The molecular weight excluding hydrogens is 518 g/mol. The zero-order valence-electron chi connectivity index (χ0n) is 22.6. The summed E-state index contributed by atoms with van der Waals surface area (Å²) in [6.07, 6.45) is 1.81. The summed E-state index contributed by atoms with van der Waals surface area (Å²) in [5.74, 6) is 1.33. The second-order valence-electron chi connectivity index (χ2n) is 9.01. The minimum Gasteiger partial charge on any atom is -0.496 e. The summed E-state index contributed by atoms with van der Waals surface area (Å²) in [5, 5.41) is 0. The molecule has 0 saturated heterocycles. The van der Waals surface area contributed by atoms with Crippen LogP contribution >= 0.6 is 11.3 Å². The van der Waals surface area contributed by atoms with Gasteiger partial charge in [-0.1, -0.05) is 17.4 Å². The molecule has 3 aromatic rings. The van der Waals surface area contributed by atoms with E-state index < -0.39 is 12.0 Å². The van der Waals surface area contributed by atoms with Gasteiger partial charge in [0.25, 0.3) is 5.56 Å². The predicted molar refractivity (Wildman–Crippen MR) is 150 cm³/mol. The van der Waals surface area contributed by atoms with E-state index in [1.165, 1.54) is 11.3 Å². The SMILES string of the molecule is CCOC(=O)C1=C(C)N=c2s/c(=C\c3ccc(N(CC)CC)cc3OC)c(=O)n2C1c1ccc2c(c1)OCO2. The first kappa shape index (κ1) is 26.6. The Labute approximate surface area is 230 Å². The van der Waals surface area contributed by atoms with E-state index >= 15 is 0 Å². The number of carbonyl (C=O) groups is 1. The molecule has 1 aromatic heterocycles. The Hall–Kier alpha value is -4.05. The first-order chi connectivity index (χ1) is 18.9. The van der Waals surface area contributed by atoms with Crippen LogP contribution in [0.15, 0.2) is 57.5 Å². The van der Waals surface area contributed by atoms with Crippen LogP contribution in [0.5, 0.6) is 17.2 Å². The molecule has 0 aliphatic carbocycles. The maximum atomic E-state index is 13.9. The molecule has 10 heteroatoms. The summed E-state index contributed by atoms with van der Waals surface area (Å²) in [7, 11) is 1.62. The first-order valence-electron chi connectivity index (χ1n) is 12.9. The number of carbonyl (C=O) groups excluding carboxylic acids is 1. The van der Waals surface area contributed by atoms with Crippen LogP contribution in [0.3, 0.4) is 0 Å². The Bertz CT molecular complexity index is 1630. The van der Waals surface area contributed by atoms with E-state index in [4.69, 9.17) is 18.9 Å². The van der Waals surface area contributed by atoms with Crippen molar-refractivity contribution >= 4 is 29.1 Å². The highest BCUT2D eigenvalue weighted by Gasteiger charge is 2.34. The summed E-state index contributed by atoms with van der Waals surface area (Å²) >= 11 is 1.27. The third-order valence-electron chi connectivity index (χ3n) is 6.86. The van der Waals surface area contributed by atoms with Crippen molar-refractivity contribution in [1.29, 1.82) is 0 Å². The molecule has 0 amide bonds. The minimum atomic E-state index is -0.733. The van der Waals surface area contributed by atoms with Crippen molar-refractivity contribution in [3.8, 4) is 17.2 Å². The summed E-state index contributed by atoms with van der Waals surface area (Å²) in [6, 6.07) is 10.7. The molecule has 39 heavy (non-hydrogen) atoms. The van der Waals surface area contributed by atoms with Crippen LogP contribution in [0.1, 0.15) is 44.9 Å². The van der Waals surface area contributed by atoms with Gasteiger partial charge < -0.3 is 23.8 Å². The van der Waals surface area contributed by atoms with Gasteiger partial charge >= 0.3 is 5.97 Å². The number of hydrogen-bond donors (Lipinski definition) is 0. The summed E-state index contributed by atoms with van der Waals surface area (Å²) in [5.41, 5.74) is 3.09. The van der Waals surface area contributed by atoms with E-state index in [0.29, 0.717) is 43.4 Å². The van der Waals surface area contributed by atoms with Gasteiger partial charge in [-0.3, -0.25) is 9.36 Å². The van der Waals surface area contributed by atoms with Gasteiger partial charge in [-0.05, 0) is 63.6 Å². The molecule has 2 aromatic carbocycles. The lowest BCUT2D eigenvalue weighted by molar-refractivity contribution is -0.139. The largest absolute Gasteiger partial charge is 0.496 e. The number of hydrogen-bond acceptors (Lipinski definition) is 9. The fraction of sp³-hybridized carbons (Fsp3) is 0.345. The normalized spacial score (nSPS) is 16.1. The maximum absolute atomic E-state index is 13.9. The smallest absolute Gasteiger partial charge is 0.338 e. The highest BCUT2D eigenvalue weighted by atomic mass is 32.1. The van der Waals surface area contributed by atoms with Gasteiger partial charge in [0, 0.05) is 30.4 Å². The highest BCUT2D eigenvalue weighted by molar-refractivity contribution is 7.07. The molecule has 3 heterocycles. The van der Waals surface area contributed by atoms with Crippen molar-refractivity contribution in [2.24, 2.45) is 4.99 Å². The Morgan fingerprint density at radius 3 is 2.64 bits per heavy atom. The molecule has 0 fully saturated rings. The fourth-order valence-electron chi connectivity index (χ4n) is 4.94. The number of esters is 1. The van der Waals surface area contributed by atoms with Gasteiger partial charge in [-0.25, -0.2) is 9.79 Å². The number of methoxy groups -OCH3 is 1. The molecule has 1 atom stereocenters. The van der Waals surface area contributed by atoms with Gasteiger partial charge in [0.2, 0.25) is 6.79 Å².